The zero-order chi connectivity index (χ0) is 14.5. The minimum Gasteiger partial charge on any atom is -0.493 e. The van der Waals surface area contributed by atoms with Crippen molar-refractivity contribution in [3.8, 4) is 11.5 Å². The quantitative estimate of drug-likeness (QED) is 0.798. The van der Waals surface area contributed by atoms with Gasteiger partial charge >= 0.3 is 0 Å². The van der Waals surface area contributed by atoms with Crippen molar-refractivity contribution in [2.24, 2.45) is 0 Å². The smallest absolute Gasteiger partial charge is 0.223 e. The molecule has 1 amide bonds. The Bertz CT molecular complexity index is 469. The molecule has 1 aliphatic carbocycles. The summed E-state index contributed by atoms with van der Waals surface area (Å²) in [6, 6.07) is 5.65. The lowest BCUT2D eigenvalue weighted by atomic mass is 10.1. The molecule has 0 spiro atoms. The predicted octanol–water partition coefficient (Wildman–Crippen LogP) is 1.80. The number of hydrogen-bond donors (Lipinski definition) is 2. The van der Waals surface area contributed by atoms with Crippen LogP contribution in [0.2, 0.25) is 0 Å². The fourth-order valence-corrected chi connectivity index (χ4v) is 1.84. The van der Waals surface area contributed by atoms with Crippen molar-refractivity contribution in [1.29, 1.82) is 0 Å². The summed E-state index contributed by atoms with van der Waals surface area (Å²) in [6.07, 6.45) is 1.95. The maximum atomic E-state index is 11.5. The highest BCUT2D eigenvalue weighted by Gasteiger charge is 2.22. The zero-order valence-corrected chi connectivity index (χ0v) is 11.9. The van der Waals surface area contributed by atoms with Crippen LogP contribution in [0.15, 0.2) is 18.2 Å². The summed E-state index contributed by atoms with van der Waals surface area (Å²) in [5, 5.41) is 12.4. The molecule has 1 aliphatic rings. The van der Waals surface area contributed by atoms with Gasteiger partial charge in [0.25, 0.3) is 0 Å². The second-order valence-electron chi connectivity index (χ2n) is 5.03. The standard InChI is InChI=1S/C15H21NO4/c1-10(17)11-3-6-13(14(9-11)19-2)20-8-7-15(18)16-12-4-5-12/h3,6,9-10,12,17H,4-5,7-8H2,1-2H3,(H,16,18)/t10-/m0/s1. The third-order valence-corrected chi connectivity index (χ3v) is 3.20. The van der Waals surface area contributed by atoms with Gasteiger partial charge in [0.2, 0.25) is 5.91 Å². The molecular weight excluding hydrogens is 258 g/mol. The summed E-state index contributed by atoms with van der Waals surface area (Å²) in [4.78, 5) is 11.5. The maximum absolute atomic E-state index is 11.5. The largest absolute Gasteiger partial charge is 0.493 e. The minimum atomic E-state index is -0.553. The van der Waals surface area contributed by atoms with E-state index in [1.54, 1.807) is 32.2 Å². The van der Waals surface area contributed by atoms with E-state index in [1.807, 2.05) is 0 Å². The van der Waals surface area contributed by atoms with Gasteiger partial charge in [-0.25, -0.2) is 0 Å². The molecule has 1 saturated carbocycles. The van der Waals surface area contributed by atoms with Crippen molar-refractivity contribution in [3.05, 3.63) is 23.8 Å². The Morgan fingerprint density at radius 1 is 1.45 bits per heavy atom. The van der Waals surface area contributed by atoms with Crippen molar-refractivity contribution in [1.82, 2.24) is 5.32 Å². The van der Waals surface area contributed by atoms with Crippen LogP contribution in [-0.4, -0.2) is 30.8 Å². The van der Waals surface area contributed by atoms with Crippen LogP contribution in [0.1, 0.15) is 37.9 Å². The molecule has 0 unspecified atom stereocenters. The number of aliphatic hydroxyl groups excluding tert-OH is 1. The number of amides is 1. The van der Waals surface area contributed by atoms with E-state index in [-0.39, 0.29) is 5.91 Å². The molecule has 20 heavy (non-hydrogen) atoms. The third kappa shape index (κ3) is 4.13. The molecule has 2 N–H and O–H groups in total. The van der Waals surface area contributed by atoms with Gasteiger partial charge in [0, 0.05) is 6.04 Å². The highest BCUT2D eigenvalue weighted by Crippen LogP contribution is 2.30. The molecule has 1 atom stereocenters. The number of nitrogens with one attached hydrogen (secondary N) is 1. The van der Waals surface area contributed by atoms with Crippen molar-refractivity contribution in [2.45, 2.75) is 38.3 Å². The number of carbonyl (C=O) groups excluding carboxylic acids is 1. The van der Waals surface area contributed by atoms with Gasteiger partial charge in [-0.1, -0.05) is 6.07 Å². The molecule has 0 radical (unpaired) electrons. The van der Waals surface area contributed by atoms with Crippen LogP contribution >= 0.6 is 0 Å². The van der Waals surface area contributed by atoms with E-state index in [2.05, 4.69) is 5.32 Å². The van der Waals surface area contributed by atoms with Gasteiger partial charge in [0.15, 0.2) is 11.5 Å². The van der Waals surface area contributed by atoms with Gasteiger partial charge in [-0.15, -0.1) is 0 Å². The predicted molar refractivity (Wildman–Crippen MR) is 74.9 cm³/mol. The summed E-state index contributed by atoms with van der Waals surface area (Å²) in [7, 11) is 1.55. The lowest BCUT2D eigenvalue weighted by Crippen LogP contribution is -2.26. The first kappa shape index (κ1) is 14.7. The van der Waals surface area contributed by atoms with Crippen LogP contribution in [0.5, 0.6) is 11.5 Å². The van der Waals surface area contributed by atoms with Gasteiger partial charge in [-0.2, -0.15) is 0 Å². The van der Waals surface area contributed by atoms with Gasteiger partial charge in [0.05, 0.1) is 26.2 Å². The Balaban J connectivity index is 1.86. The molecule has 5 nitrogen and oxygen atoms in total. The highest BCUT2D eigenvalue weighted by molar-refractivity contribution is 5.76. The lowest BCUT2D eigenvalue weighted by molar-refractivity contribution is -0.121. The Morgan fingerprint density at radius 2 is 2.20 bits per heavy atom. The molecule has 1 fully saturated rings. The molecule has 0 heterocycles. The van der Waals surface area contributed by atoms with Crippen LogP contribution in [0, 0.1) is 0 Å². The molecule has 5 heteroatoms. The lowest BCUT2D eigenvalue weighted by Gasteiger charge is -2.13. The first-order valence-corrected chi connectivity index (χ1v) is 6.88. The number of aliphatic hydroxyl groups is 1. The van der Waals surface area contributed by atoms with Crippen LogP contribution < -0.4 is 14.8 Å². The Kier molecular flexibility index (Phi) is 4.84. The molecule has 110 valence electrons. The average molecular weight is 279 g/mol. The summed E-state index contributed by atoms with van der Waals surface area (Å²) in [5.74, 6) is 1.16. The van der Waals surface area contributed by atoms with E-state index in [0.29, 0.717) is 30.6 Å². The van der Waals surface area contributed by atoms with E-state index in [4.69, 9.17) is 9.47 Å². The van der Waals surface area contributed by atoms with E-state index in [9.17, 15) is 9.90 Å². The molecule has 1 aromatic carbocycles. The third-order valence-electron chi connectivity index (χ3n) is 3.20. The number of rotatable bonds is 7. The van der Waals surface area contributed by atoms with Crippen LogP contribution in [-0.2, 0) is 4.79 Å². The van der Waals surface area contributed by atoms with E-state index in [1.165, 1.54) is 0 Å². The monoisotopic (exact) mass is 279 g/mol. The molecule has 0 bridgehead atoms. The second kappa shape index (κ2) is 6.61. The molecule has 2 rings (SSSR count). The van der Waals surface area contributed by atoms with Crippen LogP contribution in [0.25, 0.3) is 0 Å². The van der Waals surface area contributed by atoms with Crippen molar-refractivity contribution in [2.75, 3.05) is 13.7 Å². The first-order chi connectivity index (χ1) is 9.60. The fourth-order valence-electron chi connectivity index (χ4n) is 1.84. The number of benzene rings is 1. The Labute approximate surface area is 118 Å². The molecule has 0 aliphatic heterocycles. The van der Waals surface area contributed by atoms with Gasteiger partial charge in [-0.05, 0) is 37.5 Å². The maximum Gasteiger partial charge on any atom is 0.223 e. The van der Waals surface area contributed by atoms with E-state index < -0.39 is 6.10 Å². The van der Waals surface area contributed by atoms with Crippen molar-refractivity contribution >= 4 is 5.91 Å². The van der Waals surface area contributed by atoms with Crippen molar-refractivity contribution in [3.63, 3.8) is 0 Å². The fraction of sp³-hybridized carbons (Fsp3) is 0.533. The minimum absolute atomic E-state index is 0.0204. The summed E-state index contributed by atoms with van der Waals surface area (Å²) >= 11 is 0. The van der Waals surface area contributed by atoms with Gasteiger partial charge in [-0.3, -0.25) is 4.79 Å². The number of hydrogen-bond acceptors (Lipinski definition) is 4. The van der Waals surface area contributed by atoms with Crippen molar-refractivity contribution < 1.29 is 19.4 Å². The Hall–Kier alpha value is -1.75. The normalized spacial score (nSPS) is 15.6. The Morgan fingerprint density at radius 3 is 2.80 bits per heavy atom. The highest BCUT2D eigenvalue weighted by atomic mass is 16.5. The summed E-state index contributed by atoms with van der Waals surface area (Å²) < 4.78 is 10.8. The molecular formula is C15H21NO4. The number of methoxy groups -OCH3 is 1. The van der Waals surface area contributed by atoms with Gasteiger partial charge < -0.3 is 19.9 Å². The first-order valence-electron chi connectivity index (χ1n) is 6.88. The summed E-state index contributed by atoms with van der Waals surface area (Å²) in [6.45, 7) is 2.00. The van der Waals surface area contributed by atoms with Gasteiger partial charge in [0.1, 0.15) is 0 Å². The average Bonchev–Trinajstić information content (AvgIpc) is 3.22. The number of carbonyl (C=O) groups is 1. The number of ether oxygens (including phenoxy) is 2. The molecule has 0 aromatic heterocycles. The van der Waals surface area contributed by atoms with Crippen LogP contribution in [0.4, 0.5) is 0 Å². The topological polar surface area (TPSA) is 67.8 Å². The second-order valence-corrected chi connectivity index (χ2v) is 5.03. The van der Waals surface area contributed by atoms with E-state index >= 15 is 0 Å². The van der Waals surface area contributed by atoms with E-state index in [0.717, 1.165) is 18.4 Å². The summed E-state index contributed by atoms with van der Waals surface area (Å²) in [5.41, 5.74) is 0.765. The SMILES string of the molecule is COc1cc([C@H](C)O)ccc1OCCC(=O)NC1CC1. The molecule has 1 aromatic rings. The molecule has 0 saturated heterocycles. The van der Waals surface area contributed by atoms with Crippen LogP contribution in [0.3, 0.4) is 0 Å². The zero-order valence-electron chi connectivity index (χ0n) is 11.9.